The summed E-state index contributed by atoms with van der Waals surface area (Å²) < 4.78 is 1.93. The topological polar surface area (TPSA) is 57.5 Å². The number of halogens is 1. The number of aromatic nitrogens is 2. The summed E-state index contributed by atoms with van der Waals surface area (Å²) in [5, 5.41) is 13.6. The van der Waals surface area contributed by atoms with Gasteiger partial charge in [0.15, 0.2) is 5.96 Å². The third kappa shape index (κ3) is 5.45. The zero-order chi connectivity index (χ0) is 18.5. The van der Waals surface area contributed by atoms with E-state index >= 15 is 0 Å². The fraction of sp³-hybridized carbons (Fsp3) is 0.579. The van der Waals surface area contributed by atoms with Crippen LogP contribution in [0, 0.1) is 13.8 Å². The Kier molecular flexibility index (Phi) is 8.56. The Labute approximate surface area is 183 Å². The second-order valence-corrected chi connectivity index (χ2v) is 7.83. The summed E-state index contributed by atoms with van der Waals surface area (Å²) in [5.74, 6) is 0.841. The number of hydrogen-bond acceptors (Lipinski definition) is 4. The molecule has 1 fully saturated rings. The molecule has 2 N–H and O–H groups in total. The van der Waals surface area contributed by atoms with Crippen LogP contribution in [-0.2, 0) is 13.6 Å². The van der Waals surface area contributed by atoms with Crippen LogP contribution in [0.5, 0.6) is 0 Å². The van der Waals surface area contributed by atoms with E-state index in [1.807, 2.05) is 30.1 Å². The minimum absolute atomic E-state index is 0. The van der Waals surface area contributed by atoms with Crippen LogP contribution in [0.2, 0.25) is 0 Å². The van der Waals surface area contributed by atoms with E-state index in [1.165, 1.54) is 42.1 Å². The summed E-state index contributed by atoms with van der Waals surface area (Å²) in [6.07, 6.45) is 2.60. The molecular formula is C19H31IN6S. The minimum Gasteiger partial charge on any atom is -0.354 e. The summed E-state index contributed by atoms with van der Waals surface area (Å²) in [6, 6.07) is 4.80. The summed E-state index contributed by atoms with van der Waals surface area (Å²) >= 11 is 1.84. The van der Waals surface area contributed by atoms with E-state index in [4.69, 9.17) is 0 Å². The summed E-state index contributed by atoms with van der Waals surface area (Å²) in [5.41, 5.74) is 3.50. The van der Waals surface area contributed by atoms with Gasteiger partial charge in [0.2, 0.25) is 0 Å². The van der Waals surface area contributed by atoms with Crippen LogP contribution in [0.25, 0.3) is 0 Å². The van der Waals surface area contributed by atoms with Crippen molar-refractivity contribution in [1.29, 1.82) is 0 Å². The van der Waals surface area contributed by atoms with Crippen LogP contribution in [0.3, 0.4) is 0 Å². The summed E-state index contributed by atoms with van der Waals surface area (Å²) in [7, 11) is 3.81. The van der Waals surface area contributed by atoms with E-state index in [2.05, 4.69) is 57.0 Å². The number of aryl methyl sites for hydroxylation is 2. The number of nitrogens with zero attached hydrogens (tertiary/aromatic N) is 4. The Balaban J connectivity index is 0.00000261. The second kappa shape index (κ2) is 10.4. The minimum atomic E-state index is 0. The van der Waals surface area contributed by atoms with Crippen LogP contribution in [0.4, 0.5) is 0 Å². The van der Waals surface area contributed by atoms with E-state index in [0.29, 0.717) is 6.04 Å². The lowest BCUT2D eigenvalue weighted by Crippen LogP contribution is -2.42. The largest absolute Gasteiger partial charge is 0.354 e. The maximum Gasteiger partial charge on any atom is 0.191 e. The normalized spacial score (nSPS) is 16.2. The zero-order valence-corrected chi connectivity index (χ0v) is 19.8. The fourth-order valence-electron chi connectivity index (χ4n) is 3.60. The molecule has 0 aromatic carbocycles. The Morgan fingerprint density at radius 1 is 1.30 bits per heavy atom. The molecule has 1 atom stereocenters. The third-order valence-corrected chi connectivity index (χ3v) is 6.20. The molecule has 2 aromatic heterocycles. The zero-order valence-electron chi connectivity index (χ0n) is 16.7. The standard InChI is InChI=1S/C19H30N6S.HI/c1-14-16(15(2)24(4)23-14)12-21-19(20-3)22-13-17(18-8-7-11-26-18)25-9-5-6-10-25;/h7-8,11,17H,5-6,9-10,12-13H2,1-4H3,(H2,20,21,22);1H. The van der Waals surface area contributed by atoms with Gasteiger partial charge in [-0.05, 0) is 51.2 Å². The molecule has 3 heterocycles. The van der Waals surface area contributed by atoms with Crippen LogP contribution >= 0.6 is 35.3 Å². The molecule has 1 saturated heterocycles. The van der Waals surface area contributed by atoms with Gasteiger partial charge in [-0.2, -0.15) is 5.10 Å². The van der Waals surface area contributed by atoms with E-state index in [-0.39, 0.29) is 24.0 Å². The molecule has 1 aliphatic heterocycles. The van der Waals surface area contributed by atoms with Gasteiger partial charge in [0.1, 0.15) is 0 Å². The van der Waals surface area contributed by atoms with Crippen molar-refractivity contribution >= 4 is 41.3 Å². The lowest BCUT2D eigenvalue weighted by atomic mass is 10.2. The molecule has 0 spiro atoms. The maximum atomic E-state index is 4.49. The summed E-state index contributed by atoms with van der Waals surface area (Å²) in [6.45, 7) is 8.13. The van der Waals surface area contributed by atoms with Crippen molar-refractivity contribution in [2.75, 3.05) is 26.7 Å². The highest BCUT2D eigenvalue weighted by molar-refractivity contribution is 14.0. The van der Waals surface area contributed by atoms with Gasteiger partial charge in [-0.3, -0.25) is 14.6 Å². The SMILES string of the molecule is CN=C(NCc1c(C)nn(C)c1C)NCC(c1cccs1)N1CCCC1.I. The van der Waals surface area contributed by atoms with Gasteiger partial charge in [0, 0.05) is 43.3 Å². The van der Waals surface area contributed by atoms with Gasteiger partial charge in [0.25, 0.3) is 0 Å². The summed E-state index contributed by atoms with van der Waals surface area (Å²) in [4.78, 5) is 8.41. The highest BCUT2D eigenvalue weighted by Crippen LogP contribution is 2.27. The molecule has 6 nitrogen and oxygen atoms in total. The Morgan fingerprint density at radius 3 is 2.59 bits per heavy atom. The Morgan fingerprint density at radius 2 is 2.04 bits per heavy atom. The smallest absolute Gasteiger partial charge is 0.191 e. The van der Waals surface area contributed by atoms with Crippen LogP contribution in [0.15, 0.2) is 22.5 Å². The molecule has 2 aromatic rings. The first kappa shape index (κ1) is 22.2. The lowest BCUT2D eigenvalue weighted by Gasteiger charge is -2.27. The highest BCUT2D eigenvalue weighted by Gasteiger charge is 2.24. The number of guanidine groups is 1. The molecule has 0 radical (unpaired) electrons. The van der Waals surface area contributed by atoms with Crippen molar-refractivity contribution in [1.82, 2.24) is 25.3 Å². The van der Waals surface area contributed by atoms with Crippen molar-refractivity contribution in [2.24, 2.45) is 12.0 Å². The number of hydrogen-bond donors (Lipinski definition) is 2. The van der Waals surface area contributed by atoms with Crippen molar-refractivity contribution in [3.8, 4) is 0 Å². The predicted molar refractivity (Wildman–Crippen MR) is 124 cm³/mol. The first-order chi connectivity index (χ1) is 12.6. The van der Waals surface area contributed by atoms with Gasteiger partial charge in [-0.1, -0.05) is 6.07 Å². The number of rotatable bonds is 6. The van der Waals surface area contributed by atoms with Crippen molar-refractivity contribution in [3.63, 3.8) is 0 Å². The van der Waals surface area contributed by atoms with Gasteiger partial charge in [0.05, 0.1) is 11.7 Å². The molecule has 0 bridgehead atoms. The van der Waals surface area contributed by atoms with E-state index in [9.17, 15) is 0 Å². The molecule has 0 saturated carbocycles. The molecule has 1 unspecified atom stereocenters. The van der Waals surface area contributed by atoms with E-state index < -0.39 is 0 Å². The van der Waals surface area contributed by atoms with E-state index in [1.54, 1.807) is 0 Å². The van der Waals surface area contributed by atoms with Gasteiger partial charge >= 0.3 is 0 Å². The average Bonchev–Trinajstić information content (AvgIpc) is 3.37. The van der Waals surface area contributed by atoms with Crippen LogP contribution < -0.4 is 10.6 Å². The number of nitrogens with one attached hydrogen (secondary N) is 2. The molecule has 150 valence electrons. The molecule has 0 aliphatic carbocycles. The van der Waals surface area contributed by atoms with E-state index in [0.717, 1.165) is 24.7 Å². The van der Waals surface area contributed by atoms with Crippen molar-refractivity contribution in [3.05, 3.63) is 39.3 Å². The maximum absolute atomic E-state index is 4.49. The van der Waals surface area contributed by atoms with Crippen molar-refractivity contribution < 1.29 is 0 Å². The first-order valence-electron chi connectivity index (χ1n) is 9.31. The Bertz CT molecular complexity index is 734. The molecule has 27 heavy (non-hydrogen) atoms. The molecule has 8 heteroatoms. The monoisotopic (exact) mass is 502 g/mol. The number of aliphatic imine (C=N–C) groups is 1. The fourth-order valence-corrected chi connectivity index (χ4v) is 4.46. The molecule has 0 amide bonds. The third-order valence-electron chi connectivity index (χ3n) is 5.23. The second-order valence-electron chi connectivity index (χ2n) is 6.85. The quantitative estimate of drug-likeness (QED) is 0.362. The van der Waals surface area contributed by atoms with Crippen LogP contribution in [0.1, 0.15) is 40.7 Å². The van der Waals surface area contributed by atoms with Gasteiger partial charge in [-0.25, -0.2) is 0 Å². The van der Waals surface area contributed by atoms with Gasteiger partial charge < -0.3 is 10.6 Å². The van der Waals surface area contributed by atoms with Crippen molar-refractivity contribution in [2.45, 2.75) is 39.3 Å². The predicted octanol–water partition coefficient (Wildman–Crippen LogP) is 3.22. The molecule has 1 aliphatic rings. The highest BCUT2D eigenvalue weighted by atomic mass is 127. The number of likely N-dealkylation sites (tertiary alicyclic amines) is 1. The number of thiophene rings is 1. The van der Waals surface area contributed by atoms with Gasteiger partial charge in [-0.15, -0.1) is 35.3 Å². The molecule has 3 rings (SSSR count). The van der Waals surface area contributed by atoms with Crippen LogP contribution in [-0.4, -0.2) is 47.3 Å². The Hall–Kier alpha value is -1.13. The lowest BCUT2D eigenvalue weighted by molar-refractivity contribution is 0.249. The molecular weight excluding hydrogens is 471 g/mol. The average molecular weight is 502 g/mol. The first-order valence-corrected chi connectivity index (χ1v) is 10.2.